The Hall–Kier alpha value is -3.14. The van der Waals surface area contributed by atoms with Crippen LogP contribution in [0, 0.1) is 24.1 Å². The van der Waals surface area contributed by atoms with Gasteiger partial charge in [-0.15, -0.1) is 0 Å². The second-order valence-electron chi connectivity index (χ2n) is 6.65. The molecule has 0 aliphatic heterocycles. The van der Waals surface area contributed by atoms with Gasteiger partial charge in [0.25, 0.3) is 5.91 Å². The second kappa shape index (κ2) is 10.3. The minimum atomic E-state index is -0.581. The van der Waals surface area contributed by atoms with Gasteiger partial charge in [0.15, 0.2) is 0 Å². The van der Waals surface area contributed by atoms with Gasteiger partial charge in [0.05, 0.1) is 0 Å². The van der Waals surface area contributed by atoms with Gasteiger partial charge in [0, 0.05) is 26.3 Å². The fourth-order valence-electron chi connectivity index (χ4n) is 2.71. The molecule has 1 amide bonds. The molecule has 0 aliphatic carbocycles. The number of anilines is 1. The molecular weight excluding hydrogens is 483 g/mol. The third-order valence-corrected chi connectivity index (χ3v) is 5.31. The summed E-state index contributed by atoms with van der Waals surface area (Å²) in [5.74, 6) is -0.543. The van der Waals surface area contributed by atoms with Gasteiger partial charge in [-0.1, -0.05) is 51.8 Å². The first kappa shape index (κ1) is 22.5. The number of nitriles is 1. The number of carbonyl (C=O) groups is 1. The zero-order valence-electron chi connectivity index (χ0n) is 16.5. The largest absolute Gasteiger partial charge is 0.488 e. The molecule has 0 saturated heterocycles. The Kier molecular flexibility index (Phi) is 7.45. The summed E-state index contributed by atoms with van der Waals surface area (Å²) >= 11 is 9.47. The molecule has 3 rings (SSSR count). The molecular formula is C24H17BrClFN2O2. The molecule has 0 atom stereocenters. The Bertz CT molecular complexity index is 1200. The van der Waals surface area contributed by atoms with Crippen molar-refractivity contribution >= 4 is 45.2 Å². The number of ether oxygens (including phenoxy) is 1. The van der Waals surface area contributed by atoms with Gasteiger partial charge >= 0.3 is 0 Å². The van der Waals surface area contributed by atoms with Crippen molar-refractivity contribution in [3.05, 3.63) is 98.2 Å². The van der Waals surface area contributed by atoms with Crippen molar-refractivity contribution in [1.82, 2.24) is 0 Å². The van der Waals surface area contributed by atoms with E-state index in [9.17, 15) is 14.4 Å². The predicted molar refractivity (Wildman–Crippen MR) is 123 cm³/mol. The van der Waals surface area contributed by atoms with Gasteiger partial charge in [-0.05, 0) is 55.0 Å². The summed E-state index contributed by atoms with van der Waals surface area (Å²) in [6.45, 7) is 1.86. The fraction of sp³-hybridized carbons (Fsp3) is 0.0833. The summed E-state index contributed by atoms with van der Waals surface area (Å²) in [4.78, 5) is 12.6. The molecule has 0 unspecified atom stereocenters. The van der Waals surface area contributed by atoms with Crippen LogP contribution in [0.5, 0.6) is 5.75 Å². The minimum Gasteiger partial charge on any atom is -0.488 e. The molecule has 0 aliphatic rings. The maximum Gasteiger partial charge on any atom is 0.266 e. The van der Waals surface area contributed by atoms with Crippen molar-refractivity contribution < 1.29 is 13.9 Å². The van der Waals surface area contributed by atoms with Crippen LogP contribution in [-0.2, 0) is 11.4 Å². The molecule has 0 radical (unpaired) electrons. The van der Waals surface area contributed by atoms with E-state index in [0.717, 1.165) is 10.0 Å². The first-order chi connectivity index (χ1) is 14.9. The lowest BCUT2D eigenvalue weighted by Gasteiger charge is -2.11. The molecule has 4 nitrogen and oxygen atoms in total. The average Bonchev–Trinajstić information content (AvgIpc) is 2.75. The van der Waals surface area contributed by atoms with Crippen molar-refractivity contribution in [3.8, 4) is 11.8 Å². The van der Waals surface area contributed by atoms with Gasteiger partial charge in [-0.25, -0.2) is 4.39 Å². The molecule has 0 saturated carbocycles. The van der Waals surface area contributed by atoms with Crippen LogP contribution < -0.4 is 10.1 Å². The number of nitrogens with one attached hydrogen (secondary N) is 1. The smallest absolute Gasteiger partial charge is 0.266 e. The first-order valence-corrected chi connectivity index (χ1v) is 10.4. The summed E-state index contributed by atoms with van der Waals surface area (Å²) in [6, 6.07) is 18.5. The van der Waals surface area contributed by atoms with Gasteiger partial charge in [-0.2, -0.15) is 5.26 Å². The number of benzene rings is 3. The summed E-state index contributed by atoms with van der Waals surface area (Å²) < 4.78 is 20.4. The number of aryl methyl sites for hydroxylation is 1. The maximum atomic E-state index is 13.9. The lowest BCUT2D eigenvalue weighted by atomic mass is 10.1. The van der Waals surface area contributed by atoms with Crippen molar-refractivity contribution in [1.29, 1.82) is 5.26 Å². The number of carbonyl (C=O) groups excluding carboxylic acids is 1. The van der Waals surface area contributed by atoms with Crippen LogP contribution in [0.2, 0.25) is 5.02 Å². The van der Waals surface area contributed by atoms with E-state index in [2.05, 4.69) is 21.2 Å². The Labute approximate surface area is 193 Å². The number of rotatable bonds is 6. The quantitative estimate of drug-likeness (QED) is 0.304. The Morgan fingerprint density at radius 2 is 2.00 bits per heavy atom. The van der Waals surface area contributed by atoms with Crippen LogP contribution in [0.1, 0.15) is 16.7 Å². The highest BCUT2D eigenvalue weighted by atomic mass is 79.9. The molecule has 156 valence electrons. The Morgan fingerprint density at radius 3 is 2.71 bits per heavy atom. The Balaban J connectivity index is 1.84. The molecule has 3 aromatic rings. The van der Waals surface area contributed by atoms with E-state index < -0.39 is 5.91 Å². The second-order valence-corrected chi connectivity index (χ2v) is 7.97. The number of hydrogen-bond acceptors (Lipinski definition) is 3. The lowest BCUT2D eigenvalue weighted by molar-refractivity contribution is -0.112. The van der Waals surface area contributed by atoms with Crippen LogP contribution in [-0.4, -0.2) is 5.91 Å². The zero-order chi connectivity index (χ0) is 22.4. The molecule has 0 bridgehead atoms. The average molecular weight is 500 g/mol. The first-order valence-electron chi connectivity index (χ1n) is 9.22. The normalized spacial score (nSPS) is 11.0. The SMILES string of the molecule is Cc1ccc(NC(=O)/C(C#N)=C\c2cc(Br)ccc2OCc2ccccc2F)cc1Cl. The number of nitrogens with zero attached hydrogens (tertiary/aromatic N) is 1. The third kappa shape index (κ3) is 5.94. The fourth-order valence-corrected chi connectivity index (χ4v) is 3.27. The van der Waals surface area contributed by atoms with Crippen molar-refractivity contribution in [2.75, 3.05) is 5.32 Å². The van der Waals surface area contributed by atoms with Crippen molar-refractivity contribution in [2.45, 2.75) is 13.5 Å². The highest BCUT2D eigenvalue weighted by Gasteiger charge is 2.13. The molecule has 0 aromatic heterocycles. The summed E-state index contributed by atoms with van der Waals surface area (Å²) in [6.07, 6.45) is 1.42. The van der Waals surface area contributed by atoms with E-state index in [0.29, 0.717) is 27.6 Å². The zero-order valence-corrected chi connectivity index (χ0v) is 18.8. The van der Waals surface area contributed by atoms with E-state index in [1.165, 1.54) is 12.1 Å². The van der Waals surface area contributed by atoms with Crippen LogP contribution in [0.3, 0.4) is 0 Å². The summed E-state index contributed by atoms with van der Waals surface area (Å²) in [5, 5.41) is 12.7. The Morgan fingerprint density at radius 1 is 1.23 bits per heavy atom. The van der Waals surface area contributed by atoms with Gasteiger partial charge in [0.2, 0.25) is 0 Å². The summed E-state index contributed by atoms with van der Waals surface area (Å²) in [5.41, 5.74) is 2.13. The van der Waals surface area contributed by atoms with Crippen LogP contribution in [0.15, 0.2) is 70.7 Å². The molecule has 1 N–H and O–H groups in total. The molecule has 0 heterocycles. The summed E-state index contributed by atoms with van der Waals surface area (Å²) in [7, 11) is 0. The van der Waals surface area contributed by atoms with Gasteiger partial charge in [0.1, 0.15) is 29.8 Å². The predicted octanol–water partition coefficient (Wildman–Crippen LogP) is 6.67. The van der Waals surface area contributed by atoms with Crippen molar-refractivity contribution in [2.24, 2.45) is 0 Å². The topological polar surface area (TPSA) is 62.1 Å². The standard InChI is InChI=1S/C24H17BrClFN2O2/c1-15-6-8-20(12-21(15)26)29-24(30)18(13-28)10-17-11-19(25)7-9-23(17)31-14-16-4-2-3-5-22(16)27/h2-12H,14H2,1H3,(H,29,30)/b18-10-. The molecule has 7 heteroatoms. The number of halogens is 3. The maximum absolute atomic E-state index is 13.9. The van der Waals surface area contributed by atoms with Crippen molar-refractivity contribution in [3.63, 3.8) is 0 Å². The molecule has 3 aromatic carbocycles. The molecule has 0 spiro atoms. The highest BCUT2D eigenvalue weighted by Crippen LogP contribution is 2.27. The van der Waals surface area contributed by atoms with E-state index in [1.807, 2.05) is 13.0 Å². The van der Waals surface area contributed by atoms with Crippen LogP contribution >= 0.6 is 27.5 Å². The lowest BCUT2D eigenvalue weighted by Crippen LogP contribution is -2.13. The number of hydrogen-bond donors (Lipinski definition) is 1. The monoisotopic (exact) mass is 498 g/mol. The van der Waals surface area contributed by atoms with Crippen LogP contribution in [0.4, 0.5) is 10.1 Å². The van der Waals surface area contributed by atoms with E-state index in [-0.39, 0.29) is 18.0 Å². The van der Waals surface area contributed by atoms with Gasteiger partial charge in [-0.3, -0.25) is 4.79 Å². The van der Waals surface area contributed by atoms with E-state index >= 15 is 0 Å². The van der Waals surface area contributed by atoms with Crippen LogP contribution in [0.25, 0.3) is 6.08 Å². The molecule has 0 fully saturated rings. The minimum absolute atomic E-state index is 0.00505. The third-order valence-electron chi connectivity index (χ3n) is 4.41. The van der Waals surface area contributed by atoms with E-state index in [1.54, 1.807) is 54.6 Å². The number of amides is 1. The van der Waals surface area contributed by atoms with Gasteiger partial charge < -0.3 is 10.1 Å². The van der Waals surface area contributed by atoms with E-state index in [4.69, 9.17) is 16.3 Å². The highest BCUT2D eigenvalue weighted by molar-refractivity contribution is 9.10. The molecule has 31 heavy (non-hydrogen) atoms.